The second-order valence-electron chi connectivity index (χ2n) is 4.88. The predicted molar refractivity (Wildman–Crippen MR) is 88.2 cm³/mol. The highest BCUT2D eigenvalue weighted by molar-refractivity contribution is 6.32. The normalized spacial score (nSPS) is 10.8. The minimum atomic E-state index is 0.564. The first-order chi connectivity index (χ1) is 10.3. The molecule has 0 unspecified atom stereocenters. The van der Waals surface area contributed by atoms with E-state index in [4.69, 9.17) is 22.1 Å². The standard InChI is InChI=1S/C18H16ClNO/c19-17-7-3-6-14(10-11-20)18(17)21-16-9-8-13-4-1-2-5-15(13)12-16/h1-9,12H,10-11,20H2. The molecule has 0 aliphatic heterocycles. The number of para-hydroxylation sites is 1. The van der Waals surface area contributed by atoms with E-state index in [1.165, 1.54) is 5.39 Å². The summed E-state index contributed by atoms with van der Waals surface area (Å²) in [6.07, 6.45) is 0.740. The van der Waals surface area contributed by atoms with E-state index in [1.807, 2.05) is 48.5 Å². The third-order valence-electron chi connectivity index (χ3n) is 3.40. The summed E-state index contributed by atoms with van der Waals surface area (Å²) in [6.45, 7) is 0.564. The molecule has 2 N–H and O–H groups in total. The van der Waals surface area contributed by atoms with Crippen molar-refractivity contribution in [1.29, 1.82) is 0 Å². The van der Waals surface area contributed by atoms with Crippen LogP contribution < -0.4 is 10.5 Å². The van der Waals surface area contributed by atoms with Crippen LogP contribution in [0.2, 0.25) is 5.02 Å². The summed E-state index contributed by atoms with van der Waals surface area (Å²) in [6, 6.07) is 19.9. The molecule has 21 heavy (non-hydrogen) atoms. The fourth-order valence-corrected chi connectivity index (χ4v) is 2.60. The quantitative estimate of drug-likeness (QED) is 0.751. The van der Waals surface area contributed by atoms with E-state index < -0.39 is 0 Å². The lowest BCUT2D eigenvalue weighted by molar-refractivity contribution is 0.477. The molecule has 0 heterocycles. The monoisotopic (exact) mass is 297 g/mol. The highest BCUT2D eigenvalue weighted by Crippen LogP contribution is 2.34. The van der Waals surface area contributed by atoms with E-state index in [9.17, 15) is 0 Å². The maximum atomic E-state index is 6.27. The summed E-state index contributed by atoms with van der Waals surface area (Å²) < 4.78 is 6.01. The van der Waals surface area contributed by atoms with Gasteiger partial charge in [0.15, 0.2) is 0 Å². The van der Waals surface area contributed by atoms with Crippen LogP contribution in [0.3, 0.4) is 0 Å². The number of rotatable bonds is 4. The first kappa shape index (κ1) is 13.9. The molecule has 0 saturated heterocycles. The molecule has 0 aliphatic carbocycles. The van der Waals surface area contributed by atoms with Gasteiger partial charge in [-0.25, -0.2) is 0 Å². The predicted octanol–water partition coefficient (Wildman–Crippen LogP) is 4.79. The molecular weight excluding hydrogens is 282 g/mol. The van der Waals surface area contributed by atoms with Crippen LogP contribution in [0.25, 0.3) is 10.8 Å². The molecule has 0 atom stereocenters. The summed E-state index contributed by atoms with van der Waals surface area (Å²) in [5.41, 5.74) is 6.67. The highest BCUT2D eigenvalue weighted by atomic mass is 35.5. The summed E-state index contributed by atoms with van der Waals surface area (Å²) in [5.74, 6) is 1.47. The molecule has 3 aromatic carbocycles. The van der Waals surface area contributed by atoms with Crippen LogP contribution in [0.4, 0.5) is 0 Å². The van der Waals surface area contributed by atoms with Crippen molar-refractivity contribution < 1.29 is 4.74 Å². The number of hydrogen-bond donors (Lipinski definition) is 1. The average Bonchev–Trinajstić information content (AvgIpc) is 2.51. The van der Waals surface area contributed by atoms with Crippen LogP contribution in [0.5, 0.6) is 11.5 Å². The first-order valence-electron chi connectivity index (χ1n) is 6.92. The Morgan fingerprint density at radius 3 is 2.52 bits per heavy atom. The van der Waals surface area contributed by atoms with Crippen molar-refractivity contribution >= 4 is 22.4 Å². The summed E-state index contributed by atoms with van der Waals surface area (Å²) in [5, 5.41) is 2.93. The molecule has 3 rings (SSSR count). The van der Waals surface area contributed by atoms with Gasteiger partial charge in [0.25, 0.3) is 0 Å². The summed E-state index contributed by atoms with van der Waals surface area (Å²) in [4.78, 5) is 0. The lowest BCUT2D eigenvalue weighted by Gasteiger charge is -2.13. The Bertz CT molecular complexity index is 770. The van der Waals surface area contributed by atoms with Crippen LogP contribution >= 0.6 is 11.6 Å². The van der Waals surface area contributed by atoms with Crippen LogP contribution in [0, 0.1) is 0 Å². The van der Waals surface area contributed by atoms with Gasteiger partial charge < -0.3 is 10.5 Å². The van der Waals surface area contributed by atoms with Crippen molar-refractivity contribution in [1.82, 2.24) is 0 Å². The van der Waals surface area contributed by atoms with Crippen LogP contribution in [-0.4, -0.2) is 6.54 Å². The van der Waals surface area contributed by atoms with E-state index in [0.29, 0.717) is 17.3 Å². The lowest BCUT2D eigenvalue weighted by atomic mass is 10.1. The molecule has 0 radical (unpaired) electrons. The SMILES string of the molecule is NCCc1cccc(Cl)c1Oc1ccc2ccccc2c1. The van der Waals surface area contributed by atoms with Gasteiger partial charge in [-0.2, -0.15) is 0 Å². The summed E-state index contributed by atoms with van der Waals surface area (Å²) in [7, 11) is 0. The third kappa shape index (κ3) is 3.02. The largest absolute Gasteiger partial charge is 0.455 e. The molecule has 2 nitrogen and oxygen atoms in total. The Morgan fingerprint density at radius 2 is 1.71 bits per heavy atom. The van der Waals surface area contributed by atoms with E-state index >= 15 is 0 Å². The van der Waals surface area contributed by atoms with Crippen molar-refractivity contribution in [3.63, 3.8) is 0 Å². The van der Waals surface area contributed by atoms with Gasteiger partial charge >= 0.3 is 0 Å². The Hall–Kier alpha value is -2.03. The molecule has 3 heteroatoms. The molecule has 0 bridgehead atoms. The number of halogens is 1. The van der Waals surface area contributed by atoms with Crippen molar-refractivity contribution in [2.75, 3.05) is 6.54 Å². The Morgan fingerprint density at radius 1 is 0.905 bits per heavy atom. The van der Waals surface area contributed by atoms with Crippen molar-refractivity contribution in [3.8, 4) is 11.5 Å². The fourth-order valence-electron chi connectivity index (χ4n) is 2.37. The molecule has 3 aromatic rings. The van der Waals surface area contributed by atoms with Gasteiger partial charge in [-0.3, -0.25) is 0 Å². The molecule has 0 fully saturated rings. The third-order valence-corrected chi connectivity index (χ3v) is 3.70. The number of hydrogen-bond acceptors (Lipinski definition) is 2. The molecule has 0 aromatic heterocycles. The molecule has 106 valence electrons. The molecule has 0 spiro atoms. The second-order valence-corrected chi connectivity index (χ2v) is 5.28. The first-order valence-corrected chi connectivity index (χ1v) is 7.30. The zero-order valence-corrected chi connectivity index (χ0v) is 12.3. The van der Waals surface area contributed by atoms with Gasteiger partial charge in [-0.1, -0.05) is 54.1 Å². The van der Waals surface area contributed by atoms with Gasteiger partial charge in [0.05, 0.1) is 5.02 Å². The number of benzene rings is 3. The van der Waals surface area contributed by atoms with Crippen molar-refractivity contribution in [3.05, 3.63) is 71.2 Å². The Balaban J connectivity index is 1.98. The van der Waals surface area contributed by atoms with Crippen molar-refractivity contribution in [2.24, 2.45) is 5.73 Å². The Kier molecular flexibility index (Phi) is 4.09. The van der Waals surface area contributed by atoms with Crippen LogP contribution in [-0.2, 0) is 6.42 Å². The fraction of sp³-hybridized carbons (Fsp3) is 0.111. The second kappa shape index (κ2) is 6.17. The topological polar surface area (TPSA) is 35.2 Å². The van der Waals surface area contributed by atoms with Gasteiger partial charge in [0.1, 0.15) is 11.5 Å². The molecular formula is C18H16ClNO. The van der Waals surface area contributed by atoms with Crippen molar-refractivity contribution in [2.45, 2.75) is 6.42 Å². The zero-order chi connectivity index (χ0) is 14.7. The number of fused-ring (bicyclic) bond motifs is 1. The maximum absolute atomic E-state index is 6.27. The minimum absolute atomic E-state index is 0.564. The lowest BCUT2D eigenvalue weighted by Crippen LogP contribution is -2.04. The van der Waals surface area contributed by atoms with E-state index in [0.717, 1.165) is 23.1 Å². The Labute approximate surface area is 129 Å². The number of ether oxygens (including phenoxy) is 1. The maximum Gasteiger partial charge on any atom is 0.149 e. The van der Waals surface area contributed by atoms with E-state index in [-0.39, 0.29) is 0 Å². The molecule has 0 saturated carbocycles. The highest BCUT2D eigenvalue weighted by Gasteiger charge is 2.09. The van der Waals surface area contributed by atoms with Gasteiger partial charge in [-0.05, 0) is 47.5 Å². The summed E-state index contributed by atoms with van der Waals surface area (Å²) >= 11 is 6.27. The van der Waals surface area contributed by atoms with Crippen LogP contribution in [0.15, 0.2) is 60.7 Å². The van der Waals surface area contributed by atoms with Gasteiger partial charge in [0.2, 0.25) is 0 Å². The van der Waals surface area contributed by atoms with E-state index in [1.54, 1.807) is 0 Å². The molecule has 0 aliphatic rings. The van der Waals surface area contributed by atoms with Gasteiger partial charge in [0, 0.05) is 0 Å². The smallest absolute Gasteiger partial charge is 0.149 e. The number of nitrogens with two attached hydrogens (primary N) is 1. The van der Waals surface area contributed by atoms with Crippen LogP contribution in [0.1, 0.15) is 5.56 Å². The molecule has 0 amide bonds. The van der Waals surface area contributed by atoms with Gasteiger partial charge in [-0.15, -0.1) is 0 Å². The van der Waals surface area contributed by atoms with E-state index in [2.05, 4.69) is 12.1 Å². The minimum Gasteiger partial charge on any atom is -0.455 e. The zero-order valence-electron chi connectivity index (χ0n) is 11.6. The average molecular weight is 298 g/mol.